The first-order valence-corrected chi connectivity index (χ1v) is 12.1. The molecule has 0 unspecified atom stereocenters. The molecule has 0 radical (unpaired) electrons. The van der Waals surface area contributed by atoms with Crippen LogP contribution < -0.4 is 19.8 Å². The van der Waals surface area contributed by atoms with Crippen molar-refractivity contribution in [3.05, 3.63) is 80.6 Å². The van der Waals surface area contributed by atoms with E-state index in [1.165, 1.54) is 18.4 Å². The Bertz CT molecular complexity index is 1440. The molecule has 166 valence electrons. The number of nitrogens with one attached hydrogen (secondary N) is 2. The number of aryl methyl sites for hydroxylation is 1. The van der Waals surface area contributed by atoms with Crippen molar-refractivity contribution in [1.29, 1.82) is 0 Å². The van der Waals surface area contributed by atoms with Gasteiger partial charge < -0.3 is 9.15 Å². The maximum atomic E-state index is 12.8. The normalized spacial score (nSPS) is 11.6. The van der Waals surface area contributed by atoms with Crippen LogP contribution in [-0.4, -0.2) is 20.4 Å². The molecule has 4 aromatic rings. The van der Waals surface area contributed by atoms with Gasteiger partial charge in [-0.3, -0.25) is 4.72 Å². The van der Waals surface area contributed by atoms with Crippen molar-refractivity contribution < 1.29 is 17.6 Å². The van der Waals surface area contributed by atoms with Gasteiger partial charge in [-0.15, -0.1) is 0 Å². The Kier molecular flexibility index (Phi) is 6.00. The molecule has 0 aliphatic carbocycles. The molecule has 0 aliphatic heterocycles. The molecular weight excluding hydrogens is 450 g/mol. The first-order chi connectivity index (χ1) is 15.3. The summed E-state index contributed by atoms with van der Waals surface area (Å²) >= 11 is 1.37. The van der Waals surface area contributed by atoms with Crippen LogP contribution in [0.1, 0.15) is 22.3 Å². The average Bonchev–Trinajstić information content (AvgIpc) is 3.26. The summed E-state index contributed by atoms with van der Waals surface area (Å²) in [6, 6.07) is 10.6. The van der Waals surface area contributed by atoms with E-state index in [0.29, 0.717) is 34.2 Å². The lowest BCUT2D eigenvalue weighted by atomic mass is 9.96. The topological polar surface area (TPSA) is 111 Å². The zero-order valence-electron chi connectivity index (χ0n) is 17.6. The summed E-state index contributed by atoms with van der Waals surface area (Å²) in [5.74, 6) is 0.531. The Hall–Kier alpha value is -3.21. The van der Waals surface area contributed by atoms with E-state index in [1.54, 1.807) is 30.5 Å². The second kappa shape index (κ2) is 8.73. The van der Waals surface area contributed by atoms with Crippen molar-refractivity contribution >= 4 is 38.2 Å². The summed E-state index contributed by atoms with van der Waals surface area (Å²) in [5, 5.41) is 3.12. The first kappa shape index (κ1) is 22.0. The van der Waals surface area contributed by atoms with E-state index in [-0.39, 0.29) is 0 Å². The molecule has 0 amide bonds. The van der Waals surface area contributed by atoms with E-state index in [0.717, 1.165) is 22.1 Å². The van der Waals surface area contributed by atoms with Crippen LogP contribution in [0, 0.1) is 13.8 Å². The number of benzene rings is 2. The molecular formula is C22H21N3O5S2. The zero-order valence-corrected chi connectivity index (χ0v) is 19.3. The summed E-state index contributed by atoms with van der Waals surface area (Å²) in [6.45, 7) is 3.68. The molecule has 0 bridgehead atoms. The molecule has 0 saturated heterocycles. The molecule has 32 heavy (non-hydrogen) atoms. The lowest BCUT2D eigenvalue weighted by Gasteiger charge is -2.14. The zero-order chi connectivity index (χ0) is 22.9. The minimum Gasteiger partial charge on any atom is -0.431 e. The second-order valence-corrected chi connectivity index (χ2v) is 9.60. The van der Waals surface area contributed by atoms with Gasteiger partial charge >= 0.3 is 5.63 Å². The van der Waals surface area contributed by atoms with Gasteiger partial charge in [0.2, 0.25) is 0 Å². The van der Waals surface area contributed by atoms with Gasteiger partial charge in [0.05, 0.1) is 5.69 Å². The SMILES string of the molecule is CNS(=O)(=O)Nc1cccc(Cc2c(C)c3ccc(Oc4nccs4)cc3oc2=O)c1C. The third-order valence-electron chi connectivity index (χ3n) is 5.20. The number of nitrogens with zero attached hydrogens (tertiary/aromatic N) is 1. The maximum absolute atomic E-state index is 12.8. The fraction of sp³-hybridized carbons (Fsp3) is 0.182. The summed E-state index contributed by atoms with van der Waals surface area (Å²) < 4.78 is 39.7. The Labute approximate surface area is 189 Å². The van der Waals surface area contributed by atoms with Crippen LogP contribution in [0.3, 0.4) is 0 Å². The smallest absolute Gasteiger partial charge is 0.340 e. The number of ether oxygens (including phenoxy) is 1. The highest BCUT2D eigenvalue weighted by Crippen LogP contribution is 2.30. The molecule has 2 N–H and O–H groups in total. The molecule has 2 aromatic carbocycles. The Morgan fingerprint density at radius 2 is 1.97 bits per heavy atom. The summed E-state index contributed by atoms with van der Waals surface area (Å²) in [4.78, 5) is 16.9. The van der Waals surface area contributed by atoms with Crippen LogP contribution in [0.25, 0.3) is 11.0 Å². The lowest BCUT2D eigenvalue weighted by Crippen LogP contribution is -2.26. The summed E-state index contributed by atoms with van der Waals surface area (Å²) in [6.07, 6.45) is 1.96. The molecule has 0 atom stereocenters. The largest absolute Gasteiger partial charge is 0.431 e. The highest BCUT2D eigenvalue weighted by molar-refractivity contribution is 7.90. The molecule has 0 aliphatic rings. The molecule has 4 rings (SSSR count). The van der Waals surface area contributed by atoms with E-state index < -0.39 is 15.8 Å². The van der Waals surface area contributed by atoms with Crippen molar-refractivity contribution in [3.63, 3.8) is 0 Å². The second-order valence-electron chi connectivity index (χ2n) is 7.13. The number of thiazole rings is 1. The van der Waals surface area contributed by atoms with Crippen molar-refractivity contribution in [3.8, 4) is 10.9 Å². The van der Waals surface area contributed by atoms with Crippen molar-refractivity contribution in [1.82, 2.24) is 9.71 Å². The quantitative estimate of drug-likeness (QED) is 0.392. The van der Waals surface area contributed by atoms with Gasteiger partial charge in [0.25, 0.3) is 15.4 Å². The van der Waals surface area contributed by atoms with Gasteiger partial charge in [-0.05, 0) is 48.7 Å². The molecule has 0 saturated carbocycles. The van der Waals surface area contributed by atoms with Crippen LogP contribution in [0.2, 0.25) is 0 Å². The van der Waals surface area contributed by atoms with E-state index in [9.17, 15) is 13.2 Å². The van der Waals surface area contributed by atoms with Crippen LogP contribution >= 0.6 is 11.3 Å². The molecule has 2 aromatic heterocycles. The molecule has 2 heterocycles. The monoisotopic (exact) mass is 471 g/mol. The van der Waals surface area contributed by atoms with Crippen molar-refractivity contribution in [2.24, 2.45) is 0 Å². The van der Waals surface area contributed by atoms with E-state index in [2.05, 4.69) is 14.4 Å². The number of aromatic nitrogens is 1. The maximum Gasteiger partial charge on any atom is 0.340 e. The molecule has 8 nitrogen and oxygen atoms in total. The average molecular weight is 472 g/mol. The number of hydrogen-bond donors (Lipinski definition) is 2. The van der Waals surface area contributed by atoms with Crippen LogP contribution in [0.4, 0.5) is 5.69 Å². The number of fused-ring (bicyclic) bond motifs is 1. The van der Waals surface area contributed by atoms with Crippen molar-refractivity contribution in [2.75, 3.05) is 11.8 Å². The highest BCUT2D eigenvalue weighted by Gasteiger charge is 2.16. The summed E-state index contributed by atoms with van der Waals surface area (Å²) in [7, 11) is -2.32. The lowest BCUT2D eigenvalue weighted by molar-refractivity contribution is 0.476. The van der Waals surface area contributed by atoms with E-state index >= 15 is 0 Å². The molecule has 0 spiro atoms. The fourth-order valence-corrected chi connectivity index (χ4v) is 4.49. The van der Waals surface area contributed by atoms with Crippen LogP contribution in [-0.2, 0) is 16.6 Å². The predicted molar refractivity (Wildman–Crippen MR) is 125 cm³/mol. The molecule has 0 fully saturated rings. The number of rotatable bonds is 7. The minimum atomic E-state index is -3.65. The van der Waals surface area contributed by atoms with E-state index in [4.69, 9.17) is 9.15 Å². The predicted octanol–water partition coefficient (Wildman–Crippen LogP) is 4.13. The fourth-order valence-electron chi connectivity index (χ4n) is 3.38. The van der Waals surface area contributed by atoms with E-state index in [1.807, 2.05) is 31.4 Å². The Morgan fingerprint density at radius 3 is 2.69 bits per heavy atom. The standard InChI is InChI=1S/C22H21N3O5S2/c1-13-15(5-4-6-19(13)25-32(27,28)23-3)11-18-14(2)17-8-7-16(12-20(17)30-21(18)26)29-22-24-9-10-31-22/h4-10,12,23,25H,11H2,1-3H3. The highest BCUT2D eigenvalue weighted by atomic mass is 32.2. The molecule has 10 heteroatoms. The van der Waals surface area contributed by atoms with Crippen LogP contribution in [0.5, 0.6) is 10.9 Å². The van der Waals surface area contributed by atoms with Gasteiger partial charge in [0.1, 0.15) is 11.3 Å². The van der Waals surface area contributed by atoms with Gasteiger partial charge in [0.15, 0.2) is 0 Å². The number of hydrogen-bond acceptors (Lipinski definition) is 7. The third kappa shape index (κ3) is 4.52. The third-order valence-corrected chi connectivity index (χ3v) is 6.87. The Morgan fingerprint density at radius 1 is 1.16 bits per heavy atom. The summed E-state index contributed by atoms with van der Waals surface area (Å²) in [5.41, 5.74) is 3.31. The van der Waals surface area contributed by atoms with Gasteiger partial charge in [-0.25, -0.2) is 14.5 Å². The first-order valence-electron chi connectivity index (χ1n) is 9.71. The van der Waals surface area contributed by atoms with Gasteiger partial charge in [0, 0.05) is 42.1 Å². The Balaban J connectivity index is 1.69. The minimum absolute atomic E-state index is 0.308. The number of anilines is 1. The van der Waals surface area contributed by atoms with Gasteiger partial charge in [-0.1, -0.05) is 23.5 Å². The van der Waals surface area contributed by atoms with Crippen LogP contribution in [0.15, 0.2) is 57.2 Å². The van der Waals surface area contributed by atoms with Gasteiger partial charge in [-0.2, -0.15) is 8.42 Å². The van der Waals surface area contributed by atoms with Crippen molar-refractivity contribution in [2.45, 2.75) is 20.3 Å².